The molecular weight excluding hydrogens is 256 g/mol. The van der Waals surface area contributed by atoms with Gasteiger partial charge in [0.25, 0.3) is 0 Å². The predicted octanol–water partition coefficient (Wildman–Crippen LogP) is 1.87. The summed E-state index contributed by atoms with van der Waals surface area (Å²) in [6, 6.07) is 1.63. The minimum atomic E-state index is -3.37. The van der Waals surface area contributed by atoms with Crippen LogP contribution in [0.3, 0.4) is 0 Å². The topological polar surface area (TPSA) is 63.4 Å². The van der Waals surface area contributed by atoms with Crippen LogP contribution in [-0.4, -0.2) is 26.3 Å². The van der Waals surface area contributed by atoms with Crippen LogP contribution >= 0.6 is 11.3 Å². The maximum absolute atomic E-state index is 12.3. The number of thiophene rings is 1. The van der Waals surface area contributed by atoms with Crippen molar-refractivity contribution in [2.75, 3.05) is 13.6 Å². The molecule has 0 saturated heterocycles. The van der Waals surface area contributed by atoms with Crippen LogP contribution in [0, 0.1) is 5.92 Å². The lowest BCUT2D eigenvalue weighted by Crippen LogP contribution is -2.29. The normalized spacial score (nSPS) is 12.6. The molecule has 6 heteroatoms. The second-order valence-electron chi connectivity index (χ2n) is 4.42. The minimum Gasteiger partial charge on any atom is -0.326 e. The largest absolute Gasteiger partial charge is 0.326 e. The first-order chi connectivity index (χ1) is 7.89. The van der Waals surface area contributed by atoms with Crippen molar-refractivity contribution in [1.29, 1.82) is 0 Å². The first kappa shape index (κ1) is 14.6. The quantitative estimate of drug-likeness (QED) is 0.862. The van der Waals surface area contributed by atoms with Crippen molar-refractivity contribution >= 4 is 21.4 Å². The van der Waals surface area contributed by atoms with Crippen LogP contribution in [0.2, 0.25) is 0 Å². The molecule has 0 aliphatic rings. The molecule has 0 aliphatic heterocycles. The maximum atomic E-state index is 12.3. The number of nitrogens with zero attached hydrogens (tertiary/aromatic N) is 1. The summed E-state index contributed by atoms with van der Waals surface area (Å²) < 4.78 is 25.9. The van der Waals surface area contributed by atoms with E-state index in [0.717, 1.165) is 11.3 Å². The van der Waals surface area contributed by atoms with Crippen molar-refractivity contribution in [3.05, 3.63) is 16.3 Å². The van der Waals surface area contributed by atoms with Gasteiger partial charge in [-0.15, -0.1) is 11.3 Å². The smallest absolute Gasteiger partial charge is 0.243 e. The molecule has 1 aromatic heterocycles. The van der Waals surface area contributed by atoms with E-state index in [1.165, 1.54) is 15.6 Å². The van der Waals surface area contributed by atoms with E-state index in [1.54, 1.807) is 18.5 Å². The third-order valence-corrected chi connectivity index (χ3v) is 5.61. The number of nitrogens with two attached hydrogens (primary N) is 1. The Morgan fingerprint density at radius 1 is 1.47 bits per heavy atom. The third-order valence-electron chi connectivity index (χ3n) is 2.60. The van der Waals surface area contributed by atoms with E-state index >= 15 is 0 Å². The highest BCUT2D eigenvalue weighted by Crippen LogP contribution is 2.24. The third kappa shape index (κ3) is 3.51. The first-order valence-corrected chi connectivity index (χ1v) is 7.94. The van der Waals surface area contributed by atoms with E-state index in [0.29, 0.717) is 17.4 Å². The Bertz CT molecular complexity index is 452. The zero-order chi connectivity index (χ0) is 13.1. The number of hydrogen-bond donors (Lipinski definition) is 1. The van der Waals surface area contributed by atoms with Gasteiger partial charge in [0.15, 0.2) is 0 Å². The fourth-order valence-electron chi connectivity index (χ4n) is 1.44. The average molecular weight is 276 g/mol. The highest BCUT2D eigenvalue weighted by molar-refractivity contribution is 7.89. The van der Waals surface area contributed by atoms with Gasteiger partial charge in [0, 0.05) is 25.0 Å². The second-order valence-corrected chi connectivity index (χ2v) is 7.44. The molecule has 2 N–H and O–H groups in total. The van der Waals surface area contributed by atoms with Crippen LogP contribution in [0.15, 0.2) is 16.3 Å². The van der Waals surface area contributed by atoms with E-state index in [9.17, 15) is 8.42 Å². The molecule has 4 nitrogen and oxygen atoms in total. The summed E-state index contributed by atoms with van der Waals surface area (Å²) in [5.41, 5.74) is 5.54. The van der Waals surface area contributed by atoms with E-state index in [2.05, 4.69) is 13.8 Å². The summed E-state index contributed by atoms with van der Waals surface area (Å²) in [4.78, 5) is 1.08. The predicted molar refractivity (Wildman–Crippen MR) is 71.5 cm³/mol. The van der Waals surface area contributed by atoms with Crippen molar-refractivity contribution in [3.63, 3.8) is 0 Å². The summed E-state index contributed by atoms with van der Waals surface area (Å²) in [6.45, 7) is 4.97. The van der Waals surface area contributed by atoms with Crippen molar-refractivity contribution < 1.29 is 8.42 Å². The van der Waals surface area contributed by atoms with Crippen molar-refractivity contribution in [1.82, 2.24) is 4.31 Å². The van der Waals surface area contributed by atoms with Crippen LogP contribution < -0.4 is 5.73 Å². The number of sulfonamides is 1. The van der Waals surface area contributed by atoms with Crippen molar-refractivity contribution in [3.8, 4) is 0 Å². The monoisotopic (exact) mass is 276 g/mol. The molecule has 0 amide bonds. The van der Waals surface area contributed by atoms with Gasteiger partial charge in [-0.1, -0.05) is 13.8 Å². The molecule has 0 aromatic carbocycles. The molecule has 1 rings (SSSR count). The van der Waals surface area contributed by atoms with Crippen LogP contribution in [0.4, 0.5) is 0 Å². The zero-order valence-electron chi connectivity index (χ0n) is 10.5. The van der Waals surface area contributed by atoms with Gasteiger partial charge in [0.1, 0.15) is 0 Å². The number of rotatable bonds is 6. The maximum Gasteiger partial charge on any atom is 0.243 e. The Morgan fingerprint density at radius 3 is 2.65 bits per heavy atom. The fraction of sp³-hybridized carbons (Fsp3) is 0.636. The minimum absolute atomic E-state index is 0.268. The van der Waals surface area contributed by atoms with Gasteiger partial charge in [0.2, 0.25) is 10.0 Å². The fourth-order valence-corrected chi connectivity index (χ4v) is 3.92. The molecule has 0 fully saturated rings. The summed E-state index contributed by atoms with van der Waals surface area (Å²) in [5.74, 6) is 0.490. The van der Waals surface area contributed by atoms with Gasteiger partial charge < -0.3 is 5.73 Å². The summed E-state index contributed by atoms with van der Waals surface area (Å²) in [5, 5.41) is 1.77. The molecule has 1 aromatic rings. The molecule has 1 heterocycles. The summed E-state index contributed by atoms with van der Waals surface area (Å²) in [6.07, 6.45) is 0.859. The van der Waals surface area contributed by atoms with Gasteiger partial charge in [-0.25, -0.2) is 12.7 Å². The van der Waals surface area contributed by atoms with Gasteiger partial charge in [-0.3, -0.25) is 0 Å². The summed E-state index contributed by atoms with van der Waals surface area (Å²) >= 11 is 1.39. The first-order valence-electron chi connectivity index (χ1n) is 5.62. The van der Waals surface area contributed by atoms with Gasteiger partial charge in [-0.2, -0.15) is 0 Å². The molecule has 0 bridgehead atoms. The highest BCUT2D eigenvalue weighted by Gasteiger charge is 2.24. The molecule has 0 radical (unpaired) electrons. The SMILES string of the molecule is CC(C)CCN(C)S(=O)(=O)c1ccsc1CN. The molecule has 0 unspecified atom stereocenters. The van der Waals surface area contributed by atoms with E-state index in [-0.39, 0.29) is 6.54 Å². The Hall–Kier alpha value is -0.430. The average Bonchev–Trinajstić information content (AvgIpc) is 2.74. The standard InChI is InChI=1S/C11H20N2O2S2/c1-9(2)4-6-13(3)17(14,15)11-5-7-16-10(11)8-12/h5,7,9H,4,6,8,12H2,1-3H3. The highest BCUT2D eigenvalue weighted by atomic mass is 32.2. The van der Waals surface area contributed by atoms with E-state index in [4.69, 9.17) is 5.73 Å². The van der Waals surface area contributed by atoms with Gasteiger partial charge >= 0.3 is 0 Å². The Balaban J connectivity index is 2.88. The zero-order valence-corrected chi connectivity index (χ0v) is 12.1. The number of hydrogen-bond acceptors (Lipinski definition) is 4. The summed E-state index contributed by atoms with van der Waals surface area (Å²) in [7, 11) is -1.75. The van der Waals surface area contributed by atoms with Crippen LogP contribution in [0.25, 0.3) is 0 Å². The Labute approximate surface area is 107 Å². The molecule has 0 spiro atoms. The van der Waals surface area contributed by atoms with E-state index in [1.807, 2.05) is 0 Å². The van der Waals surface area contributed by atoms with Gasteiger partial charge in [0.05, 0.1) is 4.90 Å². The Morgan fingerprint density at radius 2 is 2.12 bits per heavy atom. The molecule has 0 atom stereocenters. The second kappa shape index (κ2) is 5.95. The van der Waals surface area contributed by atoms with E-state index < -0.39 is 10.0 Å². The lowest BCUT2D eigenvalue weighted by Gasteiger charge is -2.18. The van der Waals surface area contributed by atoms with Crippen LogP contribution in [-0.2, 0) is 16.6 Å². The van der Waals surface area contributed by atoms with Crippen molar-refractivity contribution in [2.24, 2.45) is 11.7 Å². The lowest BCUT2D eigenvalue weighted by atomic mass is 10.1. The molecule has 17 heavy (non-hydrogen) atoms. The van der Waals surface area contributed by atoms with Crippen LogP contribution in [0.5, 0.6) is 0 Å². The molecule has 0 aliphatic carbocycles. The molecular formula is C11H20N2O2S2. The van der Waals surface area contributed by atoms with Crippen molar-refractivity contribution in [2.45, 2.75) is 31.7 Å². The van der Waals surface area contributed by atoms with Gasteiger partial charge in [-0.05, 0) is 23.8 Å². The molecule has 0 saturated carbocycles. The Kier molecular flexibility index (Phi) is 5.12. The molecule has 98 valence electrons. The van der Waals surface area contributed by atoms with Crippen LogP contribution in [0.1, 0.15) is 25.1 Å². The lowest BCUT2D eigenvalue weighted by molar-refractivity contribution is 0.428.